The summed E-state index contributed by atoms with van der Waals surface area (Å²) in [4.78, 5) is 0. The lowest BCUT2D eigenvalue weighted by atomic mass is 10.0. The van der Waals surface area contributed by atoms with Gasteiger partial charge in [0.2, 0.25) is 0 Å². The maximum Gasteiger partial charge on any atom is 0.146 e. The fourth-order valence-corrected chi connectivity index (χ4v) is 2.32. The van der Waals surface area contributed by atoms with Gasteiger partial charge >= 0.3 is 0 Å². The first-order chi connectivity index (χ1) is 9.15. The molecule has 0 fully saturated rings. The average molecular weight is 337 g/mol. The van der Waals surface area contributed by atoms with Crippen LogP contribution in [0.3, 0.4) is 0 Å². The minimum Gasteiger partial charge on any atom is -0.205 e. The molecule has 0 radical (unpaired) electrons. The third-order valence-electron chi connectivity index (χ3n) is 2.58. The maximum absolute atomic E-state index is 14.0. The molecule has 2 aromatic carbocycles. The van der Waals surface area contributed by atoms with Crippen molar-refractivity contribution >= 4 is 38.1 Å². The van der Waals surface area contributed by atoms with Crippen molar-refractivity contribution in [2.45, 2.75) is 0 Å². The Hall–Kier alpha value is -1.63. The number of nitrogens with zero attached hydrogens (tertiary/aromatic N) is 1. The lowest BCUT2D eigenvalue weighted by Gasteiger charge is -2.06. The van der Waals surface area contributed by atoms with Crippen LogP contribution in [0.4, 0.5) is 4.39 Å². The van der Waals surface area contributed by atoms with Gasteiger partial charge < -0.3 is 0 Å². The zero-order valence-corrected chi connectivity index (χ0v) is 12.0. The van der Waals surface area contributed by atoms with Crippen molar-refractivity contribution in [2.24, 2.45) is 0 Å². The smallest absolute Gasteiger partial charge is 0.146 e. The minimum absolute atomic E-state index is 0.104. The molecule has 0 amide bonds. The van der Waals surface area contributed by atoms with Crippen LogP contribution in [0.1, 0.15) is 11.1 Å². The lowest BCUT2D eigenvalue weighted by molar-refractivity contribution is 0.618. The molecular formula is C15H8BrClFN. The zero-order valence-electron chi connectivity index (χ0n) is 9.70. The number of hydrogen-bond donors (Lipinski definition) is 0. The highest BCUT2D eigenvalue weighted by molar-refractivity contribution is 9.10. The molecule has 2 aromatic rings. The van der Waals surface area contributed by atoms with Crippen LogP contribution >= 0.6 is 27.5 Å². The number of hydrogen-bond acceptors (Lipinski definition) is 1. The van der Waals surface area contributed by atoms with Crippen molar-refractivity contribution in [3.63, 3.8) is 0 Å². The molecule has 19 heavy (non-hydrogen) atoms. The second-order valence-corrected chi connectivity index (χ2v) is 5.00. The monoisotopic (exact) mass is 335 g/mol. The van der Waals surface area contributed by atoms with Gasteiger partial charge in [-0.05, 0) is 27.6 Å². The van der Waals surface area contributed by atoms with E-state index >= 15 is 0 Å². The van der Waals surface area contributed by atoms with Crippen molar-refractivity contribution in [2.75, 3.05) is 0 Å². The van der Waals surface area contributed by atoms with Crippen LogP contribution in [0.5, 0.6) is 0 Å². The summed E-state index contributed by atoms with van der Waals surface area (Å²) >= 11 is 9.28. The third-order valence-corrected chi connectivity index (χ3v) is 3.59. The van der Waals surface area contributed by atoms with Gasteiger partial charge in [-0.3, -0.25) is 0 Å². The summed E-state index contributed by atoms with van der Waals surface area (Å²) in [6, 6.07) is 15.8. The molecule has 0 saturated heterocycles. The predicted molar refractivity (Wildman–Crippen MR) is 78.8 cm³/mol. The molecule has 2 rings (SSSR count). The lowest BCUT2D eigenvalue weighted by Crippen LogP contribution is -1.90. The van der Waals surface area contributed by atoms with E-state index in [2.05, 4.69) is 15.9 Å². The SMILES string of the molecule is N#C/C(=C(\Cl)c1cccc(Br)c1F)c1ccccc1. The summed E-state index contributed by atoms with van der Waals surface area (Å²) in [7, 11) is 0. The molecule has 0 N–H and O–H groups in total. The van der Waals surface area contributed by atoms with Gasteiger partial charge in [-0.2, -0.15) is 5.26 Å². The second kappa shape index (κ2) is 6.01. The number of nitriles is 1. The molecular weight excluding hydrogens is 329 g/mol. The van der Waals surface area contributed by atoms with Gasteiger partial charge in [0.25, 0.3) is 0 Å². The van der Waals surface area contributed by atoms with E-state index in [1.807, 2.05) is 12.1 Å². The molecule has 0 spiro atoms. The molecule has 0 heterocycles. The van der Waals surface area contributed by atoms with Crippen LogP contribution in [-0.2, 0) is 0 Å². The molecule has 0 aromatic heterocycles. The minimum atomic E-state index is -0.476. The van der Waals surface area contributed by atoms with Gasteiger partial charge in [0.1, 0.15) is 11.9 Å². The molecule has 4 heteroatoms. The number of benzene rings is 2. The standard InChI is InChI=1S/C15H8BrClFN/c16-13-8-4-7-11(15(13)18)14(17)12(9-19)10-5-2-1-3-6-10/h1-8H/b14-12+. The van der Waals surface area contributed by atoms with Crippen LogP contribution in [0.2, 0.25) is 0 Å². The summed E-state index contributed by atoms with van der Waals surface area (Å²) < 4.78 is 14.3. The highest BCUT2D eigenvalue weighted by Gasteiger charge is 2.14. The Morgan fingerprint density at radius 3 is 2.42 bits per heavy atom. The Bertz CT molecular complexity index is 674. The van der Waals surface area contributed by atoms with Crippen LogP contribution in [0, 0.1) is 17.1 Å². The van der Waals surface area contributed by atoms with Gasteiger partial charge in [0, 0.05) is 5.56 Å². The molecule has 94 valence electrons. The first-order valence-electron chi connectivity index (χ1n) is 5.45. The van der Waals surface area contributed by atoms with E-state index < -0.39 is 5.82 Å². The predicted octanol–water partition coefficient (Wildman–Crippen LogP) is 5.22. The van der Waals surface area contributed by atoms with E-state index in [0.29, 0.717) is 10.0 Å². The highest BCUT2D eigenvalue weighted by atomic mass is 79.9. The van der Waals surface area contributed by atoms with E-state index in [-0.39, 0.29) is 16.2 Å². The maximum atomic E-state index is 14.0. The summed E-state index contributed by atoms with van der Waals surface area (Å²) in [6.45, 7) is 0. The van der Waals surface area contributed by atoms with Crippen molar-refractivity contribution in [3.05, 3.63) is 69.9 Å². The Balaban J connectivity index is 2.63. The summed E-state index contributed by atoms with van der Waals surface area (Å²) in [5.41, 5.74) is 1.12. The molecule has 0 bridgehead atoms. The van der Waals surface area contributed by atoms with Crippen LogP contribution in [-0.4, -0.2) is 0 Å². The van der Waals surface area contributed by atoms with E-state index in [9.17, 15) is 9.65 Å². The molecule has 1 nitrogen and oxygen atoms in total. The summed E-state index contributed by atoms with van der Waals surface area (Å²) in [6.07, 6.45) is 0. The zero-order chi connectivity index (χ0) is 13.8. The Kier molecular flexibility index (Phi) is 4.36. The van der Waals surface area contributed by atoms with Crippen molar-refractivity contribution in [3.8, 4) is 6.07 Å². The molecule has 0 aliphatic carbocycles. The van der Waals surface area contributed by atoms with Crippen molar-refractivity contribution in [1.29, 1.82) is 5.26 Å². The van der Waals surface area contributed by atoms with E-state index in [1.165, 1.54) is 0 Å². The Labute approximate surface area is 124 Å². The van der Waals surface area contributed by atoms with E-state index in [1.54, 1.807) is 42.5 Å². The van der Waals surface area contributed by atoms with Gasteiger partial charge in [-0.15, -0.1) is 0 Å². The largest absolute Gasteiger partial charge is 0.205 e. The fourth-order valence-electron chi connectivity index (χ4n) is 1.65. The van der Waals surface area contributed by atoms with Gasteiger partial charge in [0.15, 0.2) is 0 Å². The summed E-state index contributed by atoms with van der Waals surface area (Å²) in [5, 5.41) is 9.35. The third kappa shape index (κ3) is 2.86. The second-order valence-electron chi connectivity index (χ2n) is 3.77. The van der Waals surface area contributed by atoms with Crippen LogP contribution in [0.15, 0.2) is 53.0 Å². The Morgan fingerprint density at radius 2 is 1.79 bits per heavy atom. The summed E-state index contributed by atoms with van der Waals surface area (Å²) in [5.74, 6) is -0.476. The molecule has 0 atom stereocenters. The average Bonchev–Trinajstić information content (AvgIpc) is 2.44. The van der Waals surface area contributed by atoms with Crippen molar-refractivity contribution < 1.29 is 4.39 Å². The first kappa shape index (κ1) is 13.8. The fraction of sp³-hybridized carbons (Fsp3) is 0. The molecule has 0 aliphatic heterocycles. The highest BCUT2D eigenvalue weighted by Crippen LogP contribution is 2.32. The molecule has 0 unspecified atom stereocenters. The molecule has 0 aliphatic rings. The van der Waals surface area contributed by atoms with Gasteiger partial charge in [-0.1, -0.05) is 54.1 Å². The first-order valence-corrected chi connectivity index (χ1v) is 6.62. The Morgan fingerprint density at radius 1 is 1.11 bits per heavy atom. The quantitative estimate of drug-likeness (QED) is 0.545. The normalized spacial score (nSPS) is 11.7. The van der Waals surface area contributed by atoms with Crippen LogP contribution < -0.4 is 0 Å². The number of halogens is 3. The topological polar surface area (TPSA) is 23.8 Å². The molecule has 0 saturated carbocycles. The van der Waals surface area contributed by atoms with Crippen molar-refractivity contribution in [1.82, 2.24) is 0 Å². The number of allylic oxidation sites excluding steroid dienone is 1. The van der Waals surface area contributed by atoms with Crippen LogP contribution in [0.25, 0.3) is 10.6 Å². The van der Waals surface area contributed by atoms with Gasteiger partial charge in [-0.25, -0.2) is 4.39 Å². The van der Waals surface area contributed by atoms with Gasteiger partial charge in [0.05, 0.1) is 15.1 Å². The number of rotatable bonds is 2. The van der Waals surface area contributed by atoms with E-state index in [0.717, 1.165) is 0 Å². The van der Waals surface area contributed by atoms with E-state index in [4.69, 9.17) is 11.6 Å².